The highest BCUT2D eigenvalue weighted by molar-refractivity contribution is 6.06. The van der Waals surface area contributed by atoms with Crippen LogP contribution in [0.15, 0.2) is 53.2 Å². The lowest BCUT2D eigenvalue weighted by atomic mass is 10.1. The Hall–Kier alpha value is -2.42. The molecule has 3 aromatic rings. The van der Waals surface area contributed by atoms with E-state index in [0.29, 0.717) is 6.17 Å². The lowest BCUT2D eigenvalue weighted by molar-refractivity contribution is 0.383. The van der Waals surface area contributed by atoms with Crippen molar-refractivity contribution in [3.8, 4) is 0 Å². The van der Waals surface area contributed by atoms with E-state index in [4.69, 9.17) is 4.42 Å². The van der Waals surface area contributed by atoms with Crippen molar-refractivity contribution in [2.75, 3.05) is 11.9 Å². The summed E-state index contributed by atoms with van der Waals surface area (Å²) in [6, 6.07) is 12.6. The van der Waals surface area contributed by atoms with E-state index in [0.717, 1.165) is 11.2 Å². The van der Waals surface area contributed by atoms with E-state index >= 15 is 0 Å². The molecule has 21 heavy (non-hydrogen) atoms. The predicted molar refractivity (Wildman–Crippen MR) is 87.3 cm³/mol. The molecule has 0 amide bonds. The van der Waals surface area contributed by atoms with Gasteiger partial charge in [-0.15, -0.1) is 0 Å². The Kier molecular flexibility index (Phi) is 2.52. The van der Waals surface area contributed by atoms with Crippen molar-refractivity contribution in [2.24, 2.45) is 0 Å². The summed E-state index contributed by atoms with van der Waals surface area (Å²) in [5.41, 5.74) is 4.37. The van der Waals surface area contributed by atoms with E-state index in [9.17, 15) is 0 Å². The molecule has 2 heterocycles. The molecule has 1 unspecified atom stereocenters. The van der Waals surface area contributed by atoms with E-state index < -0.39 is 0 Å². The van der Waals surface area contributed by atoms with Crippen LogP contribution < -0.4 is 4.90 Å². The molecule has 0 fully saturated rings. The van der Waals surface area contributed by atoms with Crippen LogP contribution in [0.5, 0.6) is 0 Å². The predicted octanol–water partition coefficient (Wildman–Crippen LogP) is 4.46. The van der Waals surface area contributed by atoms with Crippen LogP contribution in [0.3, 0.4) is 0 Å². The first-order chi connectivity index (χ1) is 10.1. The first-order valence-corrected chi connectivity index (χ1v) is 7.25. The molecule has 0 aliphatic carbocycles. The average Bonchev–Trinajstić information content (AvgIpc) is 3.00. The molecule has 3 nitrogen and oxygen atoms in total. The van der Waals surface area contributed by atoms with E-state index in [1.54, 1.807) is 0 Å². The van der Waals surface area contributed by atoms with Crippen LogP contribution in [0.4, 0.5) is 5.69 Å². The molecule has 0 saturated heterocycles. The minimum atomic E-state index is 0.325. The summed E-state index contributed by atoms with van der Waals surface area (Å²) < 4.78 is 6.01. The van der Waals surface area contributed by atoms with Crippen molar-refractivity contribution in [2.45, 2.75) is 20.0 Å². The highest BCUT2D eigenvalue weighted by Crippen LogP contribution is 2.35. The minimum absolute atomic E-state index is 0.325. The molecule has 1 aliphatic rings. The second-order valence-electron chi connectivity index (χ2n) is 5.74. The quantitative estimate of drug-likeness (QED) is 0.655. The van der Waals surface area contributed by atoms with E-state index in [2.05, 4.69) is 67.4 Å². The molecule has 106 valence electrons. The number of nitrogens with zero attached hydrogens (tertiary/aromatic N) is 2. The number of anilines is 1. The zero-order valence-electron chi connectivity index (χ0n) is 12.5. The van der Waals surface area contributed by atoms with Gasteiger partial charge in [0.05, 0.1) is 0 Å². The average molecular weight is 278 g/mol. The molecule has 4 rings (SSSR count). The zero-order chi connectivity index (χ0) is 14.6. The second-order valence-corrected chi connectivity index (χ2v) is 5.74. The van der Waals surface area contributed by atoms with Crippen molar-refractivity contribution in [1.82, 2.24) is 4.90 Å². The monoisotopic (exact) mass is 278 g/mol. The second kappa shape index (κ2) is 4.29. The SMILES string of the molecule is Cc1cc2c(cc1N1C=CN(C)C1C)oc1ccccc12. The van der Waals surface area contributed by atoms with E-state index in [1.165, 1.54) is 22.0 Å². The molecule has 1 atom stereocenters. The van der Waals surface area contributed by atoms with Gasteiger partial charge in [-0.05, 0) is 31.5 Å². The van der Waals surface area contributed by atoms with Crippen molar-refractivity contribution >= 4 is 27.6 Å². The van der Waals surface area contributed by atoms with Crippen LogP contribution in [0, 0.1) is 6.92 Å². The van der Waals surface area contributed by atoms with Gasteiger partial charge in [0.1, 0.15) is 17.3 Å². The summed E-state index contributed by atoms with van der Waals surface area (Å²) in [6.45, 7) is 4.36. The number of aryl methyl sites for hydroxylation is 1. The van der Waals surface area contributed by atoms with Gasteiger partial charge in [-0.3, -0.25) is 0 Å². The normalized spacial score (nSPS) is 18.3. The fourth-order valence-electron chi connectivity index (χ4n) is 3.05. The molecule has 2 aromatic carbocycles. The van der Waals surface area contributed by atoms with Crippen LogP contribution in [0.2, 0.25) is 0 Å². The molecule has 0 saturated carbocycles. The van der Waals surface area contributed by atoms with Gasteiger partial charge in [0.2, 0.25) is 0 Å². The van der Waals surface area contributed by atoms with Crippen LogP contribution in [-0.2, 0) is 0 Å². The zero-order valence-corrected chi connectivity index (χ0v) is 12.5. The molecule has 0 bridgehead atoms. The summed E-state index contributed by atoms with van der Waals surface area (Å²) in [6.07, 6.45) is 4.56. The van der Waals surface area contributed by atoms with Gasteiger partial charge >= 0.3 is 0 Å². The summed E-state index contributed by atoms with van der Waals surface area (Å²) in [7, 11) is 2.09. The number of benzene rings is 2. The Balaban J connectivity index is 1.93. The smallest absolute Gasteiger partial charge is 0.137 e. The first-order valence-electron chi connectivity index (χ1n) is 7.25. The van der Waals surface area contributed by atoms with Crippen LogP contribution in [-0.4, -0.2) is 18.1 Å². The van der Waals surface area contributed by atoms with Crippen LogP contribution in [0.1, 0.15) is 12.5 Å². The van der Waals surface area contributed by atoms with Gasteiger partial charge < -0.3 is 14.2 Å². The van der Waals surface area contributed by atoms with Crippen LogP contribution >= 0.6 is 0 Å². The van der Waals surface area contributed by atoms with Gasteiger partial charge in [-0.25, -0.2) is 0 Å². The molecule has 1 aromatic heterocycles. The third-order valence-electron chi connectivity index (χ3n) is 4.43. The summed E-state index contributed by atoms with van der Waals surface area (Å²) in [4.78, 5) is 4.48. The minimum Gasteiger partial charge on any atom is -0.456 e. The molecule has 0 radical (unpaired) electrons. The highest BCUT2D eigenvalue weighted by atomic mass is 16.3. The van der Waals surface area contributed by atoms with Crippen molar-refractivity contribution in [3.63, 3.8) is 0 Å². The number of furan rings is 1. The third-order valence-corrected chi connectivity index (χ3v) is 4.43. The topological polar surface area (TPSA) is 19.6 Å². The Morgan fingerprint density at radius 3 is 2.57 bits per heavy atom. The van der Waals surface area contributed by atoms with Gasteiger partial charge in [-0.2, -0.15) is 0 Å². The van der Waals surface area contributed by atoms with E-state index in [-0.39, 0.29) is 0 Å². The Bertz CT molecular complexity index is 862. The van der Waals surface area contributed by atoms with Gasteiger partial charge in [0, 0.05) is 42.0 Å². The number of para-hydroxylation sites is 1. The Morgan fingerprint density at radius 1 is 1.00 bits per heavy atom. The number of rotatable bonds is 1. The Labute approximate surface area is 124 Å². The van der Waals surface area contributed by atoms with Gasteiger partial charge in [0.25, 0.3) is 0 Å². The number of hydrogen-bond acceptors (Lipinski definition) is 3. The molecular formula is C18H18N2O. The number of fused-ring (bicyclic) bond motifs is 3. The van der Waals surface area contributed by atoms with Crippen LogP contribution in [0.25, 0.3) is 21.9 Å². The first kappa shape index (κ1) is 12.3. The fraction of sp³-hybridized carbons (Fsp3) is 0.222. The molecular weight excluding hydrogens is 260 g/mol. The van der Waals surface area contributed by atoms with E-state index in [1.807, 2.05) is 12.1 Å². The number of hydrogen-bond donors (Lipinski definition) is 0. The summed E-state index contributed by atoms with van der Waals surface area (Å²) in [5.74, 6) is 0. The fourth-order valence-corrected chi connectivity index (χ4v) is 3.05. The van der Waals surface area contributed by atoms with Gasteiger partial charge in [0.15, 0.2) is 0 Å². The lowest BCUT2D eigenvalue weighted by Crippen LogP contribution is -2.33. The third kappa shape index (κ3) is 1.74. The van der Waals surface area contributed by atoms with Crippen molar-refractivity contribution in [1.29, 1.82) is 0 Å². The molecule has 0 spiro atoms. The maximum Gasteiger partial charge on any atom is 0.137 e. The van der Waals surface area contributed by atoms with Gasteiger partial charge in [-0.1, -0.05) is 18.2 Å². The standard InChI is InChI=1S/C18H18N2O/c1-12-10-15-14-6-4-5-7-17(14)21-18(15)11-16(12)20-9-8-19(3)13(20)2/h4-11,13H,1-3H3. The van der Waals surface area contributed by atoms with Crippen molar-refractivity contribution in [3.05, 3.63) is 54.4 Å². The van der Waals surface area contributed by atoms with Crippen molar-refractivity contribution < 1.29 is 4.42 Å². The molecule has 1 aliphatic heterocycles. The maximum absolute atomic E-state index is 6.01. The maximum atomic E-state index is 6.01. The largest absolute Gasteiger partial charge is 0.456 e. The summed E-state index contributed by atoms with van der Waals surface area (Å²) >= 11 is 0. The highest BCUT2D eigenvalue weighted by Gasteiger charge is 2.22. The lowest BCUT2D eigenvalue weighted by Gasteiger charge is -2.28. The molecule has 3 heteroatoms. The summed E-state index contributed by atoms with van der Waals surface area (Å²) in [5, 5.41) is 2.38. The molecule has 0 N–H and O–H groups in total. The Morgan fingerprint density at radius 2 is 1.81 bits per heavy atom.